The summed E-state index contributed by atoms with van der Waals surface area (Å²) < 4.78 is 16.4. The molecule has 6 rings (SSSR count). The lowest BCUT2D eigenvalue weighted by Gasteiger charge is -2.33. The molecule has 2 aromatic carbocycles. The molecule has 8 heteroatoms. The third kappa shape index (κ3) is 4.61. The quantitative estimate of drug-likeness (QED) is 0.459. The van der Waals surface area contributed by atoms with Crippen molar-refractivity contribution in [3.8, 4) is 11.5 Å². The predicted octanol–water partition coefficient (Wildman–Crippen LogP) is 5.93. The third-order valence-electron chi connectivity index (χ3n) is 7.60. The fourth-order valence-electron chi connectivity index (χ4n) is 5.37. The summed E-state index contributed by atoms with van der Waals surface area (Å²) in [5.41, 5.74) is 2.97. The van der Waals surface area contributed by atoms with Gasteiger partial charge in [0.1, 0.15) is 5.60 Å². The summed E-state index contributed by atoms with van der Waals surface area (Å²) in [6, 6.07) is 13.9. The number of nitrogens with zero attached hydrogens (tertiary/aromatic N) is 1. The van der Waals surface area contributed by atoms with Crippen LogP contribution in [0, 0.1) is 0 Å². The molecule has 8 nitrogen and oxygen atoms in total. The Morgan fingerprint density at radius 1 is 1.05 bits per heavy atom. The van der Waals surface area contributed by atoms with Gasteiger partial charge in [-0.05, 0) is 88.4 Å². The van der Waals surface area contributed by atoms with Gasteiger partial charge in [-0.25, -0.2) is 4.79 Å². The summed E-state index contributed by atoms with van der Waals surface area (Å²) in [6.45, 7) is 7.25. The van der Waals surface area contributed by atoms with Gasteiger partial charge in [-0.3, -0.25) is 4.79 Å². The minimum absolute atomic E-state index is 0. The first-order valence-electron chi connectivity index (χ1n) is 13.0. The number of fused-ring (bicyclic) bond motifs is 2. The predicted molar refractivity (Wildman–Crippen MR) is 142 cm³/mol. The number of amides is 2. The lowest BCUT2D eigenvalue weighted by atomic mass is 9.93. The Morgan fingerprint density at radius 3 is 2.54 bits per heavy atom. The molecule has 1 aliphatic carbocycles. The SMILES string of the molecule is CC(C)(C)OC(=O)N1CCC(c2cc3cc(NC(=O)C4(c5ccc6c(c5)OCO6)CC4)ccc3[nH]2)CC1.[HH]. The van der Waals surface area contributed by atoms with Crippen LogP contribution < -0.4 is 14.8 Å². The monoisotopic (exact) mass is 505 g/mol. The second kappa shape index (κ2) is 8.71. The highest BCUT2D eigenvalue weighted by molar-refractivity contribution is 6.02. The van der Waals surface area contributed by atoms with Crippen LogP contribution in [-0.4, -0.2) is 47.4 Å². The molecule has 1 saturated carbocycles. The molecule has 0 radical (unpaired) electrons. The van der Waals surface area contributed by atoms with Gasteiger partial charge in [0.05, 0.1) is 5.41 Å². The molecule has 196 valence electrons. The van der Waals surface area contributed by atoms with Crippen LogP contribution in [0.5, 0.6) is 11.5 Å². The fraction of sp³-hybridized carbons (Fsp3) is 0.448. The molecule has 0 bridgehead atoms. The third-order valence-corrected chi connectivity index (χ3v) is 7.60. The number of hydrogen-bond acceptors (Lipinski definition) is 5. The van der Waals surface area contributed by atoms with Crippen LogP contribution in [0.3, 0.4) is 0 Å². The zero-order chi connectivity index (χ0) is 25.8. The summed E-state index contributed by atoms with van der Waals surface area (Å²) in [5, 5.41) is 4.21. The van der Waals surface area contributed by atoms with E-state index in [1.165, 1.54) is 5.69 Å². The van der Waals surface area contributed by atoms with E-state index in [-0.39, 0.29) is 20.2 Å². The number of ether oxygens (including phenoxy) is 3. The van der Waals surface area contributed by atoms with E-state index in [1.807, 2.05) is 57.2 Å². The zero-order valence-electron chi connectivity index (χ0n) is 21.6. The number of nitrogens with one attached hydrogen (secondary N) is 2. The Balaban J connectivity index is 0.00000294. The van der Waals surface area contributed by atoms with Gasteiger partial charge < -0.3 is 29.4 Å². The summed E-state index contributed by atoms with van der Waals surface area (Å²) in [4.78, 5) is 31.1. The number of hydrogen-bond donors (Lipinski definition) is 2. The smallest absolute Gasteiger partial charge is 0.410 e. The van der Waals surface area contributed by atoms with Gasteiger partial charge >= 0.3 is 6.09 Å². The number of carbonyl (C=O) groups excluding carboxylic acids is 2. The maximum atomic E-state index is 13.3. The Morgan fingerprint density at radius 2 is 1.81 bits per heavy atom. The van der Waals surface area contributed by atoms with E-state index >= 15 is 0 Å². The highest BCUT2D eigenvalue weighted by Crippen LogP contribution is 2.51. The number of piperidine rings is 1. The van der Waals surface area contributed by atoms with Crippen LogP contribution in [0.2, 0.25) is 0 Å². The summed E-state index contributed by atoms with van der Waals surface area (Å²) >= 11 is 0. The number of likely N-dealkylation sites (tertiary alicyclic amines) is 1. The van der Waals surface area contributed by atoms with E-state index in [9.17, 15) is 9.59 Å². The van der Waals surface area contributed by atoms with Crippen molar-refractivity contribution in [2.24, 2.45) is 0 Å². The second-order valence-electron chi connectivity index (χ2n) is 11.4. The first-order valence-corrected chi connectivity index (χ1v) is 13.0. The Kier molecular flexibility index (Phi) is 5.58. The van der Waals surface area contributed by atoms with Gasteiger partial charge in [-0.15, -0.1) is 0 Å². The number of anilines is 1. The molecule has 0 spiro atoms. The van der Waals surface area contributed by atoms with Crippen LogP contribution in [0.25, 0.3) is 10.9 Å². The van der Waals surface area contributed by atoms with Crippen LogP contribution >= 0.6 is 0 Å². The minimum Gasteiger partial charge on any atom is -0.454 e. The minimum atomic E-state index is -0.513. The number of rotatable bonds is 4. The van der Waals surface area contributed by atoms with E-state index in [1.54, 1.807) is 4.90 Å². The standard InChI is InChI=1S/C29H33N3O5.H2/c1-28(2,3)37-27(34)32-12-8-18(9-13-32)23-15-19-14-21(5-6-22(19)31-23)30-26(33)29(10-11-29)20-4-7-24-25(16-20)36-17-35-24;/h4-7,14-16,18,31H,8-13,17H2,1-3H3,(H,30,33);1H. The van der Waals surface area contributed by atoms with E-state index < -0.39 is 11.0 Å². The molecular formula is C29H35N3O5. The lowest BCUT2D eigenvalue weighted by Crippen LogP contribution is -2.41. The number of aromatic nitrogens is 1. The molecule has 2 N–H and O–H groups in total. The van der Waals surface area contributed by atoms with Crippen molar-refractivity contribution in [3.63, 3.8) is 0 Å². The molecule has 1 saturated heterocycles. The van der Waals surface area contributed by atoms with Crippen molar-refractivity contribution in [2.75, 3.05) is 25.2 Å². The van der Waals surface area contributed by atoms with Crippen molar-refractivity contribution in [2.45, 2.75) is 63.4 Å². The molecule has 3 heterocycles. The Bertz CT molecular complexity index is 1370. The zero-order valence-corrected chi connectivity index (χ0v) is 21.6. The average Bonchev–Trinajstić information content (AvgIpc) is 3.35. The molecule has 0 unspecified atom stereocenters. The molecule has 37 heavy (non-hydrogen) atoms. The molecule has 3 aromatic rings. The maximum Gasteiger partial charge on any atom is 0.410 e. The van der Waals surface area contributed by atoms with Crippen molar-refractivity contribution in [3.05, 3.63) is 53.7 Å². The van der Waals surface area contributed by atoms with Gasteiger partial charge in [0, 0.05) is 42.7 Å². The highest BCUT2D eigenvalue weighted by atomic mass is 16.7. The molecule has 3 aliphatic rings. The fourth-order valence-corrected chi connectivity index (χ4v) is 5.37. The summed E-state index contributed by atoms with van der Waals surface area (Å²) in [5.74, 6) is 1.79. The molecule has 2 aliphatic heterocycles. The molecule has 2 fully saturated rings. The van der Waals surface area contributed by atoms with Crippen LogP contribution in [0.1, 0.15) is 65.1 Å². The number of benzene rings is 2. The number of H-pyrrole nitrogens is 1. The van der Waals surface area contributed by atoms with Gasteiger partial charge in [0.25, 0.3) is 0 Å². The van der Waals surface area contributed by atoms with Crippen molar-refractivity contribution in [1.29, 1.82) is 0 Å². The normalized spacial score (nSPS) is 18.6. The largest absolute Gasteiger partial charge is 0.454 e. The Labute approximate surface area is 217 Å². The van der Waals surface area contributed by atoms with E-state index in [4.69, 9.17) is 14.2 Å². The van der Waals surface area contributed by atoms with Crippen molar-refractivity contribution >= 4 is 28.6 Å². The number of aromatic amines is 1. The van der Waals surface area contributed by atoms with Gasteiger partial charge in [-0.2, -0.15) is 0 Å². The van der Waals surface area contributed by atoms with Gasteiger partial charge in [-0.1, -0.05) is 6.07 Å². The van der Waals surface area contributed by atoms with E-state index in [0.29, 0.717) is 24.8 Å². The lowest BCUT2D eigenvalue weighted by molar-refractivity contribution is -0.118. The summed E-state index contributed by atoms with van der Waals surface area (Å²) in [6.07, 6.45) is 3.16. The highest BCUT2D eigenvalue weighted by Gasteiger charge is 2.51. The Hall–Kier alpha value is -3.68. The van der Waals surface area contributed by atoms with E-state index in [0.717, 1.165) is 53.6 Å². The molecule has 1 aromatic heterocycles. The average molecular weight is 506 g/mol. The maximum absolute atomic E-state index is 13.3. The summed E-state index contributed by atoms with van der Waals surface area (Å²) in [7, 11) is 0. The first-order chi connectivity index (χ1) is 17.7. The van der Waals surface area contributed by atoms with Gasteiger partial charge in [0.2, 0.25) is 12.7 Å². The molecule has 0 atom stereocenters. The van der Waals surface area contributed by atoms with Crippen LogP contribution in [0.4, 0.5) is 10.5 Å². The van der Waals surface area contributed by atoms with Crippen molar-refractivity contribution in [1.82, 2.24) is 9.88 Å². The van der Waals surface area contributed by atoms with Crippen molar-refractivity contribution < 1.29 is 25.2 Å². The van der Waals surface area contributed by atoms with Crippen LogP contribution in [-0.2, 0) is 14.9 Å². The first kappa shape index (κ1) is 23.7. The molecular weight excluding hydrogens is 470 g/mol. The molecule has 2 amide bonds. The topological polar surface area (TPSA) is 92.9 Å². The van der Waals surface area contributed by atoms with E-state index in [2.05, 4.69) is 16.4 Å². The van der Waals surface area contributed by atoms with Gasteiger partial charge in [0.15, 0.2) is 11.5 Å². The second-order valence-corrected chi connectivity index (χ2v) is 11.4. The van der Waals surface area contributed by atoms with Crippen LogP contribution in [0.15, 0.2) is 42.5 Å². The number of carbonyl (C=O) groups is 2.